The van der Waals surface area contributed by atoms with Crippen LogP contribution in [0, 0.1) is 17.2 Å². The number of hydrogen-bond acceptors (Lipinski definition) is 3. The highest BCUT2D eigenvalue weighted by Gasteiger charge is 2.09. The standard InChI is InChI=1S/C16H22N2O2/c1-12(2)7-8-13(3)18-16(19)11-20-15-6-4-5-14(9-15)10-17/h4-6,9,12-13H,7-8,11H2,1-3H3,(H,18,19)/t13-/m1/s1. The predicted molar refractivity (Wildman–Crippen MR) is 78.3 cm³/mol. The molecule has 0 saturated carbocycles. The van der Waals surface area contributed by atoms with Gasteiger partial charge in [-0.15, -0.1) is 0 Å². The molecule has 0 heterocycles. The van der Waals surface area contributed by atoms with Crippen molar-refractivity contribution in [2.24, 2.45) is 5.92 Å². The van der Waals surface area contributed by atoms with Crippen molar-refractivity contribution >= 4 is 5.91 Å². The van der Waals surface area contributed by atoms with Gasteiger partial charge in [0.1, 0.15) is 5.75 Å². The van der Waals surface area contributed by atoms with Gasteiger partial charge in [0, 0.05) is 6.04 Å². The number of carbonyl (C=O) groups is 1. The molecule has 1 rings (SSSR count). The molecule has 108 valence electrons. The van der Waals surface area contributed by atoms with Crippen LogP contribution >= 0.6 is 0 Å². The molecule has 20 heavy (non-hydrogen) atoms. The van der Waals surface area contributed by atoms with E-state index in [1.807, 2.05) is 13.0 Å². The second kappa shape index (κ2) is 8.21. The van der Waals surface area contributed by atoms with Crippen LogP contribution in [0.5, 0.6) is 5.75 Å². The summed E-state index contributed by atoms with van der Waals surface area (Å²) in [6.07, 6.45) is 2.06. The highest BCUT2D eigenvalue weighted by molar-refractivity contribution is 5.77. The molecule has 0 aliphatic rings. The number of nitriles is 1. The molecule has 4 nitrogen and oxygen atoms in total. The normalized spacial score (nSPS) is 11.8. The molecule has 1 aromatic rings. The first-order chi connectivity index (χ1) is 9.51. The molecule has 0 bridgehead atoms. The van der Waals surface area contributed by atoms with Crippen molar-refractivity contribution in [1.29, 1.82) is 5.26 Å². The van der Waals surface area contributed by atoms with Gasteiger partial charge in [-0.1, -0.05) is 19.9 Å². The fraction of sp³-hybridized carbons (Fsp3) is 0.500. The summed E-state index contributed by atoms with van der Waals surface area (Å²) < 4.78 is 5.37. The minimum Gasteiger partial charge on any atom is -0.484 e. The zero-order chi connectivity index (χ0) is 15.0. The Morgan fingerprint density at radius 3 is 2.75 bits per heavy atom. The van der Waals surface area contributed by atoms with Crippen LogP contribution in [0.15, 0.2) is 24.3 Å². The third-order valence-electron chi connectivity index (χ3n) is 2.92. The van der Waals surface area contributed by atoms with Gasteiger partial charge in [0.15, 0.2) is 6.61 Å². The van der Waals surface area contributed by atoms with Crippen LogP contribution in [0.2, 0.25) is 0 Å². The fourth-order valence-electron chi connectivity index (χ4n) is 1.78. The van der Waals surface area contributed by atoms with Crippen molar-refractivity contribution in [2.75, 3.05) is 6.61 Å². The van der Waals surface area contributed by atoms with Gasteiger partial charge in [-0.2, -0.15) is 5.26 Å². The summed E-state index contributed by atoms with van der Waals surface area (Å²) in [5.74, 6) is 1.04. The van der Waals surface area contributed by atoms with Crippen molar-refractivity contribution in [1.82, 2.24) is 5.32 Å². The number of nitrogens with one attached hydrogen (secondary N) is 1. The molecule has 0 unspecified atom stereocenters. The Labute approximate surface area is 120 Å². The quantitative estimate of drug-likeness (QED) is 0.831. The number of nitrogens with zero attached hydrogens (tertiary/aromatic N) is 1. The summed E-state index contributed by atoms with van der Waals surface area (Å²) in [5, 5.41) is 11.7. The average molecular weight is 274 g/mol. The summed E-state index contributed by atoms with van der Waals surface area (Å²) in [6.45, 7) is 6.30. The molecule has 0 fully saturated rings. The van der Waals surface area contributed by atoms with Gasteiger partial charge in [-0.3, -0.25) is 4.79 Å². The number of carbonyl (C=O) groups excluding carboxylic acids is 1. The summed E-state index contributed by atoms with van der Waals surface area (Å²) in [7, 11) is 0. The zero-order valence-electron chi connectivity index (χ0n) is 12.3. The number of hydrogen-bond donors (Lipinski definition) is 1. The molecule has 0 radical (unpaired) electrons. The van der Waals surface area contributed by atoms with Gasteiger partial charge in [0.25, 0.3) is 5.91 Å². The highest BCUT2D eigenvalue weighted by Crippen LogP contribution is 2.12. The SMILES string of the molecule is CC(C)CC[C@@H](C)NC(=O)COc1cccc(C#N)c1. The van der Waals surface area contributed by atoms with Crippen LogP contribution in [0.3, 0.4) is 0 Å². The molecule has 4 heteroatoms. The van der Waals surface area contributed by atoms with Crippen molar-refractivity contribution in [3.63, 3.8) is 0 Å². The van der Waals surface area contributed by atoms with Gasteiger partial charge >= 0.3 is 0 Å². The molecule has 0 aliphatic heterocycles. The van der Waals surface area contributed by atoms with Crippen molar-refractivity contribution in [3.8, 4) is 11.8 Å². The number of amides is 1. The second-order valence-electron chi connectivity index (χ2n) is 5.37. The van der Waals surface area contributed by atoms with E-state index in [-0.39, 0.29) is 18.6 Å². The summed E-state index contributed by atoms with van der Waals surface area (Å²) in [5.41, 5.74) is 0.521. The zero-order valence-corrected chi connectivity index (χ0v) is 12.3. The second-order valence-corrected chi connectivity index (χ2v) is 5.37. The van der Waals surface area contributed by atoms with E-state index in [0.29, 0.717) is 17.2 Å². The molecule has 1 aromatic carbocycles. The van der Waals surface area contributed by atoms with Crippen molar-refractivity contribution in [3.05, 3.63) is 29.8 Å². The number of ether oxygens (including phenoxy) is 1. The van der Waals surface area contributed by atoms with Crippen molar-refractivity contribution < 1.29 is 9.53 Å². The lowest BCUT2D eigenvalue weighted by Crippen LogP contribution is -2.36. The lowest BCUT2D eigenvalue weighted by molar-refractivity contribution is -0.123. The van der Waals surface area contributed by atoms with Gasteiger partial charge < -0.3 is 10.1 Å². The Kier molecular flexibility index (Phi) is 6.58. The minimum atomic E-state index is -0.136. The Bertz CT molecular complexity index is 478. The molecule has 1 atom stereocenters. The molecule has 0 saturated heterocycles. The van der Waals surface area contributed by atoms with Gasteiger partial charge in [0.05, 0.1) is 11.6 Å². The van der Waals surface area contributed by atoms with Gasteiger partial charge in [-0.25, -0.2) is 0 Å². The Morgan fingerprint density at radius 2 is 2.10 bits per heavy atom. The third-order valence-corrected chi connectivity index (χ3v) is 2.92. The molecule has 0 aromatic heterocycles. The lowest BCUT2D eigenvalue weighted by atomic mass is 10.0. The van der Waals surface area contributed by atoms with E-state index in [9.17, 15) is 4.79 Å². The maximum atomic E-state index is 11.7. The largest absolute Gasteiger partial charge is 0.484 e. The monoisotopic (exact) mass is 274 g/mol. The van der Waals surface area contributed by atoms with E-state index in [4.69, 9.17) is 10.00 Å². The van der Waals surface area contributed by atoms with Crippen LogP contribution in [-0.4, -0.2) is 18.6 Å². The maximum absolute atomic E-state index is 11.7. The van der Waals surface area contributed by atoms with Crippen molar-refractivity contribution in [2.45, 2.75) is 39.7 Å². The summed E-state index contributed by atoms with van der Waals surface area (Å²) in [6, 6.07) is 8.97. The van der Waals surface area contributed by atoms with Crippen LogP contribution in [0.4, 0.5) is 0 Å². The summed E-state index contributed by atoms with van der Waals surface area (Å²) >= 11 is 0. The van der Waals surface area contributed by atoms with E-state index >= 15 is 0 Å². The molecule has 1 N–H and O–H groups in total. The first kappa shape index (κ1) is 16.0. The van der Waals surface area contributed by atoms with Gasteiger partial charge in [-0.05, 0) is 43.9 Å². The number of benzene rings is 1. The van der Waals surface area contributed by atoms with Crippen LogP contribution in [-0.2, 0) is 4.79 Å². The number of rotatable bonds is 7. The first-order valence-corrected chi connectivity index (χ1v) is 6.93. The average Bonchev–Trinajstić information content (AvgIpc) is 2.43. The van der Waals surface area contributed by atoms with Gasteiger partial charge in [0.2, 0.25) is 0 Å². The predicted octanol–water partition coefficient (Wildman–Crippen LogP) is 2.88. The smallest absolute Gasteiger partial charge is 0.258 e. The Balaban J connectivity index is 2.34. The topological polar surface area (TPSA) is 62.1 Å². The molecular weight excluding hydrogens is 252 g/mol. The van der Waals surface area contributed by atoms with Crippen LogP contribution in [0.25, 0.3) is 0 Å². The Morgan fingerprint density at radius 1 is 1.35 bits per heavy atom. The first-order valence-electron chi connectivity index (χ1n) is 6.93. The fourth-order valence-corrected chi connectivity index (χ4v) is 1.78. The molecule has 0 spiro atoms. The van der Waals surface area contributed by atoms with Crippen LogP contribution in [0.1, 0.15) is 39.2 Å². The summed E-state index contributed by atoms with van der Waals surface area (Å²) in [4.78, 5) is 11.7. The minimum absolute atomic E-state index is 0.0269. The molecule has 0 aliphatic carbocycles. The van der Waals surface area contributed by atoms with Crippen LogP contribution < -0.4 is 10.1 Å². The highest BCUT2D eigenvalue weighted by atomic mass is 16.5. The molecule has 1 amide bonds. The van der Waals surface area contributed by atoms with E-state index in [2.05, 4.69) is 19.2 Å². The molecular formula is C16H22N2O2. The van der Waals surface area contributed by atoms with E-state index in [0.717, 1.165) is 12.8 Å². The Hall–Kier alpha value is -2.02. The van der Waals surface area contributed by atoms with E-state index in [1.54, 1.807) is 24.3 Å². The van der Waals surface area contributed by atoms with E-state index in [1.165, 1.54) is 0 Å². The lowest BCUT2D eigenvalue weighted by Gasteiger charge is -2.15. The third kappa shape index (κ3) is 6.24. The van der Waals surface area contributed by atoms with E-state index < -0.39 is 0 Å². The maximum Gasteiger partial charge on any atom is 0.258 e.